The maximum Gasteiger partial charge on any atom is 0.225 e. The van der Waals surface area contributed by atoms with Gasteiger partial charge in [-0.25, -0.2) is 4.98 Å². The van der Waals surface area contributed by atoms with Gasteiger partial charge in [-0.2, -0.15) is 4.98 Å². The minimum absolute atomic E-state index is 0.217. The van der Waals surface area contributed by atoms with Gasteiger partial charge >= 0.3 is 0 Å². The number of para-hydroxylation sites is 3. The lowest BCUT2D eigenvalue weighted by Crippen LogP contribution is -1.98. The predicted octanol–water partition coefficient (Wildman–Crippen LogP) is 5.88. The molecule has 4 nitrogen and oxygen atoms in total. The van der Waals surface area contributed by atoms with Crippen LogP contribution in [0.1, 0.15) is 0 Å². The van der Waals surface area contributed by atoms with E-state index in [1.807, 2.05) is 66.0 Å². The highest BCUT2D eigenvalue weighted by molar-refractivity contribution is 7.16. The zero-order valence-electron chi connectivity index (χ0n) is 12.4. The highest BCUT2D eigenvalue weighted by Crippen LogP contribution is 2.34. The molecule has 4 rings (SSSR count). The first-order chi connectivity index (χ1) is 11.8. The molecule has 0 radical (unpaired) electrons. The van der Waals surface area contributed by atoms with E-state index >= 15 is 0 Å². The van der Waals surface area contributed by atoms with Crippen molar-refractivity contribution in [2.75, 3.05) is 5.32 Å². The number of benzene rings is 2. The van der Waals surface area contributed by atoms with E-state index in [9.17, 15) is 0 Å². The molecule has 0 aliphatic carbocycles. The number of thiophene rings is 1. The van der Waals surface area contributed by atoms with E-state index in [1.165, 1.54) is 11.3 Å². The number of aromatic nitrogens is 2. The summed E-state index contributed by atoms with van der Waals surface area (Å²) in [5, 5.41) is 6.42. The second-order valence-corrected chi connectivity index (χ2v) is 6.25. The van der Waals surface area contributed by atoms with Gasteiger partial charge in [0.25, 0.3) is 0 Å². The fourth-order valence-electron chi connectivity index (χ4n) is 2.33. The Kier molecular flexibility index (Phi) is 4.02. The summed E-state index contributed by atoms with van der Waals surface area (Å²) >= 11 is 7.56. The largest absolute Gasteiger partial charge is 0.455 e. The Balaban J connectivity index is 1.71. The number of fused-ring (bicyclic) bond motifs is 1. The van der Waals surface area contributed by atoms with Crippen molar-refractivity contribution in [3.05, 3.63) is 71.3 Å². The summed E-state index contributed by atoms with van der Waals surface area (Å²) in [6.45, 7) is 0. The summed E-state index contributed by atoms with van der Waals surface area (Å²) < 4.78 is 5.97. The molecule has 2 aromatic heterocycles. The van der Waals surface area contributed by atoms with Gasteiger partial charge in [0.2, 0.25) is 5.28 Å². The second-order valence-electron chi connectivity index (χ2n) is 5.02. The predicted molar refractivity (Wildman–Crippen MR) is 98.7 cm³/mol. The van der Waals surface area contributed by atoms with Crippen LogP contribution < -0.4 is 10.1 Å². The lowest BCUT2D eigenvalue weighted by Gasteiger charge is -2.13. The second kappa shape index (κ2) is 6.47. The smallest absolute Gasteiger partial charge is 0.225 e. The van der Waals surface area contributed by atoms with Crippen molar-refractivity contribution in [3.63, 3.8) is 0 Å². The monoisotopic (exact) mass is 353 g/mol. The molecule has 0 saturated heterocycles. The van der Waals surface area contributed by atoms with E-state index in [4.69, 9.17) is 16.3 Å². The number of nitrogens with zero attached hydrogens (tertiary/aromatic N) is 2. The Bertz CT molecular complexity index is 988. The third kappa shape index (κ3) is 3.04. The zero-order chi connectivity index (χ0) is 16.4. The normalized spacial score (nSPS) is 10.7. The van der Waals surface area contributed by atoms with Gasteiger partial charge in [-0.05, 0) is 47.3 Å². The van der Waals surface area contributed by atoms with Crippen molar-refractivity contribution in [2.24, 2.45) is 0 Å². The van der Waals surface area contributed by atoms with Gasteiger partial charge in [0.1, 0.15) is 16.4 Å². The number of halogens is 1. The molecule has 0 fully saturated rings. The number of hydrogen-bond acceptors (Lipinski definition) is 5. The lowest BCUT2D eigenvalue weighted by atomic mass is 10.2. The van der Waals surface area contributed by atoms with Gasteiger partial charge in [0.05, 0.1) is 11.1 Å². The number of hydrogen-bond donors (Lipinski definition) is 1. The molecule has 1 N–H and O–H groups in total. The summed E-state index contributed by atoms with van der Waals surface area (Å²) in [6.07, 6.45) is 0. The van der Waals surface area contributed by atoms with E-state index in [-0.39, 0.29) is 5.28 Å². The third-order valence-electron chi connectivity index (χ3n) is 3.41. The SMILES string of the molecule is Clc1nc(Nc2ccccc2Oc2ccccc2)c2ccsc2n1. The average Bonchev–Trinajstić information content (AvgIpc) is 3.06. The van der Waals surface area contributed by atoms with Crippen molar-refractivity contribution in [1.29, 1.82) is 0 Å². The molecule has 0 atom stereocenters. The molecule has 0 amide bonds. The van der Waals surface area contributed by atoms with E-state index < -0.39 is 0 Å². The molecule has 0 bridgehead atoms. The van der Waals surface area contributed by atoms with Gasteiger partial charge in [-0.15, -0.1) is 11.3 Å². The molecule has 118 valence electrons. The Morgan fingerprint density at radius 2 is 1.71 bits per heavy atom. The fourth-order valence-corrected chi connectivity index (χ4v) is 3.31. The Morgan fingerprint density at radius 1 is 0.917 bits per heavy atom. The number of rotatable bonds is 4. The Morgan fingerprint density at radius 3 is 2.58 bits per heavy atom. The molecule has 24 heavy (non-hydrogen) atoms. The van der Waals surface area contributed by atoms with Crippen LogP contribution in [0.15, 0.2) is 66.0 Å². The summed E-state index contributed by atoms with van der Waals surface area (Å²) in [5.41, 5.74) is 0.809. The van der Waals surface area contributed by atoms with Crippen LogP contribution in [-0.2, 0) is 0 Å². The molecule has 0 spiro atoms. The van der Waals surface area contributed by atoms with Crippen LogP contribution in [0.3, 0.4) is 0 Å². The molecule has 0 aliphatic rings. The van der Waals surface area contributed by atoms with Crippen molar-refractivity contribution in [2.45, 2.75) is 0 Å². The maximum atomic E-state index is 6.03. The first-order valence-corrected chi connectivity index (χ1v) is 8.55. The van der Waals surface area contributed by atoms with Crippen LogP contribution in [0.25, 0.3) is 10.2 Å². The fraction of sp³-hybridized carbons (Fsp3) is 0. The van der Waals surface area contributed by atoms with Crippen LogP contribution in [0.5, 0.6) is 11.5 Å². The van der Waals surface area contributed by atoms with Crippen molar-refractivity contribution >= 4 is 44.7 Å². The molecule has 0 saturated carbocycles. The first kappa shape index (κ1) is 14.9. The molecule has 0 unspecified atom stereocenters. The van der Waals surface area contributed by atoms with Gasteiger partial charge in [-0.1, -0.05) is 30.3 Å². The molecule has 6 heteroatoms. The summed E-state index contributed by atoms with van der Waals surface area (Å²) in [7, 11) is 0. The molecule has 2 heterocycles. The summed E-state index contributed by atoms with van der Waals surface area (Å²) in [6, 6.07) is 19.3. The minimum Gasteiger partial charge on any atom is -0.455 e. The van der Waals surface area contributed by atoms with E-state index in [2.05, 4.69) is 15.3 Å². The maximum absolute atomic E-state index is 6.03. The van der Waals surface area contributed by atoms with Crippen LogP contribution in [0.4, 0.5) is 11.5 Å². The molecule has 4 aromatic rings. The molecular weight excluding hydrogens is 342 g/mol. The minimum atomic E-state index is 0.217. The quantitative estimate of drug-likeness (QED) is 0.465. The topological polar surface area (TPSA) is 47.0 Å². The molecular formula is C18H12ClN3OS. The van der Waals surface area contributed by atoms with E-state index in [0.717, 1.165) is 21.7 Å². The van der Waals surface area contributed by atoms with Crippen LogP contribution in [0.2, 0.25) is 5.28 Å². The van der Waals surface area contributed by atoms with Crippen molar-refractivity contribution in [3.8, 4) is 11.5 Å². The van der Waals surface area contributed by atoms with Crippen LogP contribution in [-0.4, -0.2) is 9.97 Å². The standard InChI is InChI=1S/C18H12ClN3OS/c19-18-21-16(13-10-11-24-17(13)22-18)20-14-8-4-5-9-15(14)23-12-6-2-1-3-7-12/h1-11H,(H,20,21,22). The summed E-state index contributed by atoms with van der Waals surface area (Å²) in [5.74, 6) is 2.14. The summed E-state index contributed by atoms with van der Waals surface area (Å²) in [4.78, 5) is 9.39. The van der Waals surface area contributed by atoms with Crippen LogP contribution in [0, 0.1) is 0 Å². The first-order valence-electron chi connectivity index (χ1n) is 7.29. The van der Waals surface area contributed by atoms with Gasteiger partial charge in [-0.3, -0.25) is 0 Å². The number of anilines is 2. The Labute approximate surface area is 147 Å². The van der Waals surface area contributed by atoms with Gasteiger partial charge in [0, 0.05) is 0 Å². The van der Waals surface area contributed by atoms with Crippen molar-refractivity contribution < 1.29 is 4.74 Å². The van der Waals surface area contributed by atoms with E-state index in [0.29, 0.717) is 11.6 Å². The highest BCUT2D eigenvalue weighted by Gasteiger charge is 2.11. The molecule has 2 aromatic carbocycles. The van der Waals surface area contributed by atoms with Gasteiger partial charge < -0.3 is 10.1 Å². The van der Waals surface area contributed by atoms with Gasteiger partial charge in [0.15, 0.2) is 5.75 Å². The van der Waals surface area contributed by atoms with E-state index in [1.54, 1.807) is 0 Å². The Hall–Kier alpha value is -2.63. The molecule has 0 aliphatic heterocycles. The average molecular weight is 354 g/mol. The van der Waals surface area contributed by atoms with Crippen LogP contribution >= 0.6 is 22.9 Å². The zero-order valence-corrected chi connectivity index (χ0v) is 14.0. The number of ether oxygens (including phenoxy) is 1. The number of nitrogens with one attached hydrogen (secondary N) is 1. The third-order valence-corrected chi connectivity index (χ3v) is 4.38. The lowest BCUT2D eigenvalue weighted by molar-refractivity contribution is 0.485. The van der Waals surface area contributed by atoms with Crippen molar-refractivity contribution in [1.82, 2.24) is 9.97 Å². The highest BCUT2D eigenvalue weighted by atomic mass is 35.5.